The van der Waals surface area contributed by atoms with Gasteiger partial charge in [0.15, 0.2) is 0 Å². The molecule has 0 radical (unpaired) electrons. The third-order valence-electron chi connectivity index (χ3n) is 4.45. The van der Waals surface area contributed by atoms with Gasteiger partial charge in [-0.25, -0.2) is 4.98 Å². The first kappa shape index (κ1) is 18.8. The zero-order valence-corrected chi connectivity index (χ0v) is 17.2. The van der Waals surface area contributed by atoms with E-state index in [1.807, 2.05) is 38.2 Å². The van der Waals surface area contributed by atoms with Gasteiger partial charge in [0.1, 0.15) is 5.82 Å². The molecule has 0 atom stereocenters. The van der Waals surface area contributed by atoms with Crippen LogP contribution >= 0.6 is 22.6 Å². The second-order valence-corrected chi connectivity index (χ2v) is 7.40. The van der Waals surface area contributed by atoms with Crippen LogP contribution in [0.3, 0.4) is 0 Å². The molecule has 1 saturated heterocycles. The Morgan fingerprint density at radius 3 is 2.62 bits per heavy atom. The van der Waals surface area contributed by atoms with Gasteiger partial charge in [0.2, 0.25) is 0 Å². The summed E-state index contributed by atoms with van der Waals surface area (Å²) in [5.41, 5.74) is 4.02. The number of anilines is 3. The largest absolute Gasteiger partial charge is 0.378 e. The first-order valence-corrected chi connectivity index (χ1v) is 9.61. The summed E-state index contributed by atoms with van der Waals surface area (Å²) in [5.74, 6) is 0.399. The molecule has 1 aliphatic rings. The summed E-state index contributed by atoms with van der Waals surface area (Å²) < 4.78 is 6.57. The van der Waals surface area contributed by atoms with Crippen molar-refractivity contribution in [3.05, 3.63) is 57.8 Å². The number of aryl methyl sites for hydroxylation is 2. The number of amides is 1. The Balaban J connectivity index is 1.97. The van der Waals surface area contributed by atoms with Crippen molar-refractivity contribution in [3.63, 3.8) is 0 Å². The third-order valence-corrected chi connectivity index (χ3v) is 5.61. The van der Waals surface area contributed by atoms with Crippen LogP contribution in [0, 0.1) is 17.4 Å². The van der Waals surface area contributed by atoms with E-state index in [1.165, 1.54) is 9.65 Å². The summed E-state index contributed by atoms with van der Waals surface area (Å²) >= 11 is 2.31. The summed E-state index contributed by atoms with van der Waals surface area (Å²) in [5, 5.41) is 0. The number of carbonyl (C=O) groups excluding carboxylic acids is 1. The summed E-state index contributed by atoms with van der Waals surface area (Å²) in [4.78, 5) is 21.0. The van der Waals surface area contributed by atoms with Crippen LogP contribution < -0.4 is 9.80 Å². The van der Waals surface area contributed by atoms with Gasteiger partial charge >= 0.3 is 0 Å². The molecule has 26 heavy (non-hydrogen) atoms. The maximum absolute atomic E-state index is 12.6. The topological polar surface area (TPSA) is 45.7 Å². The van der Waals surface area contributed by atoms with Crippen molar-refractivity contribution in [1.82, 2.24) is 4.98 Å². The van der Waals surface area contributed by atoms with E-state index in [0.29, 0.717) is 5.82 Å². The molecule has 6 heteroatoms. The van der Waals surface area contributed by atoms with Crippen LogP contribution in [0.1, 0.15) is 11.1 Å². The zero-order chi connectivity index (χ0) is 18.7. The molecule has 2 heterocycles. The lowest BCUT2D eigenvalue weighted by Gasteiger charge is -2.29. The molecule has 1 aromatic heterocycles. The van der Waals surface area contributed by atoms with E-state index in [-0.39, 0.29) is 5.91 Å². The van der Waals surface area contributed by atoms with Crippen LogP contribution in [-0.4, -0.2) is 37.2 Å². The van der Waals surface area contributed by atoms with Crippen molar-refractivity contribution < 1.29 is 9.53 Å². The molecule has 1 amide bonds. The van der Waals surface area contributed by atoms with Gasteiger partial charge in [-0.15, -0.1) is 0 Å². The van der Waals surface area contributed by atoms with Crippen LogP contribution in [0.2, 0.25) is 0 Å². The molecule has 5 nitrogen and oxygen atoms in total. The van der Waals surface area contributed by atoms with Gasteiger partial charge in [0.05, 0.1) is 30.8 Å². The maximum Gasteiger partial charge on any atom is 0.256 e. The van der Waals surface area contributed by atoms with Crippen LogP contribution in [0.5, 0.6) is 0 Å². The summed E-state index contributed by atoms with van der Waals surface area (Å²) in [7, 11) is 0. The molecular weight excluding hydrogens is 441 g/mol. The highest BCUT2D eigenvalue weighted by Crippen LogP contribution is 2.31. The van der Waals surface area contributed by atoms with Gasteiger partial charge in [0.25, 0.3) is 5.91 Å². The number of halogens is 1. The molecule has 1 fully saturated rings. The molecule has 3 rings (SSSR count). The second-order valence-electron chi connectivity index (χ2n) is 6.24. The fraction of sp³-hybridized carbons (Fsp3) is 0.300. The average molecular weight is 463 g/mol. The van der Waals surface area contributed by atoms with Crippen LogP contribution in [0.15, 0.2) is 43.1 Å². The Labute approximate surface area is 167 Å². The molecule has 0 saturated carbocycles. The Morgan fingerprint density at radius 2 is 2.00 bits per heavy atom. The zero-order valence-electron chi connectivity index (χ0n) is 15.0. The van der Waals surface area contributed by atoms with E-state index in [1.54, 1.807) is 4.90 Å². The highest BCUT2D eigenvalue weighted by atomic mass is 127. The smallest absolute Gasteiger partial charge is 0.256 e. The molecule has 0 N–H and O–H groups in total. The van der Waals surface area contributed by atoms with Gasteiger partial charge in [-0.05, 0) is 77.9 Å². The van der Waals surface area contributed by atoms with E-state index < -0.39 is 0 Å². The van der Waals surface area contributed by atoms with E-state index in [0.717, 1.165) is 48.8 Å². The number of pyridine rings is 1. The van der Waals surface area contributed by atoms with Crippen LogP contribution in [0.4, 0.5) is 17.2 Å². The van der Waals surface area contributed by atoms with Gasteiger partial charge < -0.3 is 9.64 Å². The van der Waals surface area contributed by atoms with Gasteiger partial charge in [-0.1, -0.05) is 6.58 Å². The number of carbonyl (C=O) groups is 1. The minimum absolute atomic E-state index is 0.194. The Kier molecular flexibility index (Phi) is 5.93. The third kappa shape index (κ3) is 3.91. The number of aromatic nitrogens is 1. The number of ether oxygens (including phenoxy) is 1. The van der Waals surface area contributed by atoms with Gasteiger partial charge in [0, 0.05) is 16.7 Å². The summed E-state index contributed by atoms with van der Waals surface area (Å²) in [6, 6.07) is 8.00. The molecular formula is C20H22IN3O2. The van der Waals surface area contributed by atoms with E-state index in [9.17, 15) is 4.79 Å². The lowest BCUT2D eigenvalue weighted by atomic mass is 10.1. The predicted molar refractivity (Wildman–Crippen MR) is 113 cm³/mol. The average Bonchev–Trinajstić information content (AvgIpc) is 2.67. The monoisotopic (exact) mass is 463 g/mol. The first-order chi connectivity index (χ1) is 12.5. The van der Waals surface area contributed by atoms with Gasteiger partial charge in [-0.2, -0.15) is 0 Å². The van der Waals surface area contributed by atoms with Crippen molar-refractivity contribution in [2.75, 3.05) is 36.1 Å². The van der Waals surface area contributed by atoms with Crippen molar-refractivity contribution in [2.45, 2.75) is 13.8 Å². The van der Waals surface area contributed by atoms with E-state index in [2.05, 4.69) is 45.1 Å². The number of hydrogen-bond acceptors (Lipinski definition) is 4. The quantitative estimate of drug-likeness (QED) is 0.508. The van der Waals surface area contributed by atoms with Crippen LogP contribution in [0.25, 0.3) is 0 Å². The van der Waals surface area contributed by atoms with Crippen LogP contribution in [-0.2, 0) is 9.53 Å². The fourth-order valence-corrected chi connectivity index (χ4v) is 3.59. The Bertz CT molecular complexity index is 815. The number of hydrogen-bond donors (Lipinski definition) is 0. The number of rotatable bonds is 4. The highest BCUT2D eigenvalue weighted by molar-refractivity contribution is 14.1. The molecule has 1 aliphatic heterocycles. The fourth-order valence-electron chi connectivity index (χ4n) is 2.97. The second kappa shape index (κ2) is 8.18. The van der Waals surface area contributed by atoms with Crippen molar-refractivity contribution in [1.29, 1.82) is 0 Å². The van der Waals surface area contributed by atoms with Crippen molar-refractivity contribution >= 4 is 45.7 Å². The minimum atomic E-state index is -0.194. The maximum atomic E-state index is 12.6. The lowest BCUT2D eigenvalue weighted by Crippen LogP contribution is -2.36. The van der Waals surface area contributed by atoms with E-state index in [4.69, 9.17) is 4.74 Å². The molecule has 0 unspecified atom stereocenters. The molecule has 2 aromatic rings. The van der Waals surface area contributed by atoms with Crippen molar-refractivity contribution in [2.24, 2.45) is 0 Å². The normalized spacial score (nSPS) is 14.2. The Morgan fingerprint density at radius 1 is 1.27 bits per heavy atom. The Hall–Kier alpha value is -1.93. The summed E-state index contributed by atoms with van der Waals surface area (Å²) in [6.45, 7) is 10.8. The summed E-state index contributed by atoms with van der Waals surface area (Å²) in [6.07, 6.45) is 3.14. The standard InChI is InChI=1S/C20H22IN3O2/c1-4-20(25)24(18-12-14(2)17(21)11-15(18)3)19-6-5-16(13-22-19)23-7-9-26-10-8-23/h4-6,11-13H,1,7-10H2,2-3H3. The lowest BCUT2D eigenvalue weighted by molar-refractivity contribution is -0.113. The van der Waals surface area contributed by atoms with Gasteiger partial charge in [-0.3, -0.25) is 9.69 Å². The molecule has 1 aromatic carbocycles. The first-order valence-electron chi connectivity index (χ1n) is 8.53. The molecule has 0 bridgehead atoms. The minimum Gasteiger partial charge on any atom is -0.378 e. The number of morpholine rings is 1. The van der Waals surface area contributed by atoms with E-state index >= 15 is 0 Å². The highest BCUT2D eigenvalue weighted by Gasteiger charge is 2.20. The SMILES string of the molecule is C=CC(=O)N(c1ccc(N2CCOCC2)cn1)c1cc(C)c(I)cc1C. The number of benzene rings is 1. The molecule has 136 valence electrons. The molecule has 0 aliphatic carbocycles. The number of nitrogens with zero attached hydrogens (tertiary/aromatic N) is 3. The molecule has 0 spiro atoms. The van der Waals surface area contributed by atoms with Crippen molar-refractivity contribution in [3.8, 4) is 0 Å². The predicted octanol–water partition coefficient (Wildman–Crippen LogP) is 3.99.